The van der Waals surface area contributed by atoms with Crippen molar-refractivity contribution in [3.63, 3.8) is 0 Å². The number of hydrogen-bond donors (Lipinski definition) is 0. The predicted molar refractivity (Wildman–Crippen MR) is 288 cm³/mol. The van der Waals surface area contributed by atoms with Gasteiger partial charge in [0.2, 0.25) is 0 Å². The molecule has 68 heavy (non-hydrogen) atoms. The van der Waals surface area contributed by atoms with Crippen molar-refractivity contribution in [3.05, 3.63) is 296 Å². The summed E-state index contributed by atoms with van der Waals surface area (Å²) in [5.74, 6) is 0.170. The van der Waals surface area contributed by atoms with Gasteiger partial charge in [0, 0.05) is 39.9 Å². The molecule has 0 saturated carbocycles. The number of anilines is 6. The van der Waals surface area contributed by atoms with Gasteiger partial charge in [0.15, 0.2) is 0 Å². The van der Waals surface area contributed by atoms with E-state index in [9.17, 15) is 0 Å². The van der Waals surface area contributed by atoms with Gasteiger partial charge in [0.05, 0.1) is 5.69 Å². The molecule has 0 radical (unpaired) electrons. The van der Waals surface area contributed by atoms with E-state index in [4.69, 9.17) is 0 Å². The topological polar surface area (TPSA) is 6.48 Å². The quantitative estimate of drug-likeness (QED) is 0.121. The fraction of sp³-hybridized carbons (Fsp3) is 0.0303. The summed E-state index contributed by atoms with van der Waals surface area (Å²) >= 11 is 0. The summed E-state index contributed by atoms with van der Waals surface area (Å²) in [5.41, 5.74) is 20.0. The molecule has 0 amide bonds. The molecule has 0 fully saturated rings. The lowest BCUT2D eigenvalue weighted by molar-refractivity contribution is 0.855. The molecule has 0 aliphatic heterocycles. The molecule has 11 rings (SSSR count). The van der Waals surface area contributed by atoms with Gasteiger partial charge >= 0.3 is 0 Å². The smallest absolute Gasteiger partial charge is 0.0539 e. The molecule has 10 aromatic rings. The summed E-state index contributed by atoms with van der Waals surface area (Å²) in [5, 5.41) is 0. The van der Waals surface area contributed by atoms with E-state index in [1.165, 1.54) is 66.9 Å². The van der Waals surface area contributed by atoms with Crippen molar-refractivity contribution < 1.29 is 0 Å². The van der Waals surface area contributed by atoms with E-state index < -0.39 is 0 Å². The van der Waals surface area contributed by atoms with Gasteiger partial charge < -0.3 is 9.80 Å². The number of allylic oxidation sites excluding steroid dienone is 4. The molecule has 324 valence electrons. The summed E-state index contributed by atoms with van der Waals surface area (Å²) < 4.78 is 0. The molecular formula is C66H50N2. The van der Waals surface area contributed by atoms with Crippen LogP contribution in [0.4, 0.5) is 34.1 Å². The molecule has 0 bridgehead atoms. The van der Waals surface area contributed by atoms with E-state index in [1.807, 2.05) is 0 Å². The van der Waals surface area contributed by atoms with Crippen LogP contribution in [0.1, 0.15) is 23.5 Å². The Balaban J connectivity index is 0.939. The van der Waals surface area contributed by atoms with Crippen molar-refractivity contribution in [2.24, 2.45) is 0 Å². The summed E-state index contributed by atoms with van der Waals surface area (Å²) in [6.07, 6.45) is 8.05. The zero-order valence-electron chi connectivity index (χ0n) is 37.8. The maximum atomic E-state index is 2.43. The third-order valence-electron chi connectivity index (χ3n) is 13.1. The standard InChI is InChI=1S/C66H50N2/c1-5-17-49(18-6-1)53-33-41-59(42-34-53)67(60-43-35-54(36-44-60)50-19-7-2-8-20-50)65-27-15-13-25-63(65)57-29-31-58(32-30-57)64-26-14-16-28-66(64)68(61-45-37-55(38-46-61)51-21-9-3-10-22-51)62-47-39-56(40-48-62)52-23-11-4-12-24-52/h1-31,33-48,58H,32H2. The highest BCUT2D eigenvalue weighted by atomic mass is 15.1. The van der Waals surface area contributed by atoms with Crippen molar-refractivity contribution >= 4 is 39.7 Å². The second kappa shape index (κ2) is 19.4. The van der Waals surface area contributed by atoms with Gasteiger partial charge in [-0.1, -0.05) is 224 Å². The van der Waals surface area contributed by atoms with Gasteiger partial charge in [-0.3, -0.25) is 0 Å². The van der Waals surface area contributed by atoms with Crippen LogP contribution in [0, 0.1) is 0 Å². The van der Waals surface area contributed by atoms with Gasteiger partial charge in [-0.2, -0.15) is 0 Å². The highest BCUT2D eigenvalue weighted by Crippen LogP contribution is 2.45. The van der Waals surface area contributed by atoms with Gasteiger partial charge in [-0.05, 0) is 123 Å². The Hall–Kier alpha value is -8.72. The Morgan fingerprint density at radius 3 is 0.956 bits per heavy atom. The van der Waals surface area contributed by atoms with Gasteiger partial charge in [-0.25, -0.2) is 0 Å². The first-order valence-corrected chi connectivity index (χ1v) is 23.5. The molecule has 1 atom stereocenters. The Labute approximate surface area is 400 Å². The van der Waals surface area contributed by atoms with Crippen LogP contribution in [0.3, 0.4) is 0 Å². The first-order valence-electron chi connectivity index (χ1n) is 23.5. The van der Waals surface area contributed by atoms with Crippen molar-refractivity contribution in [2.45, 2.75) is 12.3 Å². The zero-order valence-corrected chi connectivity index (χ0v) is 37.8. The monoisotopic (exact) mass is 870 g/mol. The average molecular weight is 871 g/mol. The summed E-state index contributed by atoms with van der Waals surface area (Å²) in [7, 11) is 0. The summed E-state index contributed by atoms with van der Waals surface area (Å²) in [6, 6.07) is 96.1. The van der Waals surface area contributed by atoms with Crippen molar-refractivity contribution in [1.29, 1.82) is 0 Å². The molecule has 2 heteroatoms. The maximum Gasteiger partial charge on any atom is 0.0539 e. The highest BCUT2D eigenvalue weighted by molar-refractivity contribution is 5.90. The Kier molecular flexibility index (Phi) is 12.0. The largest absolute Gasteiger partial charge is 0.310 e. The minimum Gasteiger partial charge on any atom is -0.310 e. The normalized spacial score (nSPS) is 13.1. The molecule has 10 aromatic carbocycles. The number of hydrogen-bond acceptors (Lipinski definition) is 2. The van der Waals surface area contributed by atoms with E-state index in [0.29, 0.717) is 0 Å². The lowest BCUT2D eigenvalue weighted by Gasteiger charge is -2.31. The number of para-hydroxylation sites is 2. The summed E-state index contributed by atoms with van der Waals surface area (Å²) in [6.45, 7) is 0. The first-order chi connectivity index (χ1) is 33.7. The molecule has 0 spiro atoms. The Morgan fingerprint density at radius 2 is 0.588 bits per heavy atom. The van der Waals surface area contributed by atoms with Crippen LogP contribution in [-0.4, -0.2) is 0 Å². The average Bonchev–Trinajstić information content (AvgIpc) is 3.43. The summed E-state index contributed by atoms with van der Waals surface area (Å²) in [4.78, 5) is 4.82. The molecule has 1 aliphatic carbocycles. The number of rotatable bonds is 12. The predicted octanol–water partition coefficient (Wildman–Crippen LogP) is 18.4. The van der Waals surface area contributed by atoms with Crippen LogP contribution in [0.2, 0.25) is 0 Å². The third-order valence-corrected chi connectivity index (χ3v) is 13.1. The minimum atomic E-state index is 0.170. The zero-order chi connectivity index (χ0) is 45.5. The second-order valence-corrected chi connectivity index (χ2v) is 17.3. The van der Waals surface area contributed by atoms with Gasteiger partial charge in [0.1, 0.15) is 0 Å². The van der Waals surface area contributed by atoms with Gasteiger partial charge in [-0.15, -0.1) is 0 Å². The van der Waals surface area contributed by atoms with Crippen LogP contribution in [0.5, 0.6) is 0 Å². The van der Waals surface area contributed by atoms with Crippen molar-refractivity contribution in [1.82, 2.24) is 0 Å². The van der Waals surface area contributed by atoms with E-state index in [-0.39, 0.29) is 5.92 Å². The number of benzene rings is 10. The molecule has 0 heterocycles. The third kappa shape index (κ3) is 8.84. The minimum absolute atomic E-state index is 0.170. The molecule has 0 aromatic heterocycles. The fourth-order valence-electron chi connectivity index (χ4n) is 9.56. The Bertz CT molecular complexity index is 3140. The molecule has 1 unspecified atom stereocenters. The van der Waals surface area contributed by atoms with E-state index in [1.54, 1.807) is 0 Å². The number of nitrogens with zero attached hydrogens (tertiary/aromatic N) is 2. The van der Waals surface area contributed by atoms with Crippen LogP contribution >= 0.6 is 0 Å². The maximum absolute atomic E-state index is 2.43. The molecule has 0 N–H and O–H groups in total. The van der Waals surface area contributed by atoms with E-state index >= 15 is 0 Å². The van der Waals surface area contributed by atoms with Crippen LogP contribution in [0.15, 0.2) is 285 Å². The Morgan fingerprint density at radius 1 is 0.279 bits per heavy atom. The fourth-order valence-corrected chi connectivity index (χ4v) is 9.56. The van der Waals surface area contributed by atoms with Crippen LogP contribution in [-0.2, 0) is 0 Å². The first kappa shape index (κ1) is 41.9. The molecule has 1 aliphatic rings. The lowest BCUT2D eigenvalue weighted by Crippen LogP contribution is -2.14. The van der Waals surface area contributed by atoms with Crippen LogP contribution in [0.25, 0.3) is 50.1 Å². The molecular weight excluding hydrogens is 821 g/mol. The van der Waals surface area contributed by atoms with E-state index in [0.717, 1.165) is 34.9 Å². The van der Waals surface area contributed by atoms with Crippen molar-refractivity contribution in [2.75, 3.05) is 9.80 Å². The SMILES string of the molecule is C1=CC(c2ccccc2N(c2ccc(-c3ccccc3)cc2)c2ccc(-c3ccccc3)cc2)CC=C1c1ccccc1N(c1ccc(-c2ccccc2)cc1)c1ccc(-c2ccccc2)cc1. The van der Waals surface area contributed by atoms with E-state index in [2.05, 4.69) is 295 Å². The van der Waals surface area contributed by atoms with Crippen LogP contribution < -0.4 is 9.80 Å². The second-order valence-electron chi connectivity index (χ2n) is 17.3. The van der Waals surface area contributed by atoms with Gasteiger partial charge in [0.25, 0.3) is 0 Å². The van der Waals surface area contributed by atoms with Crippen molar-refractivity contribution in [3.8, 4) is 44.5 Å². The lowest BCUT2D eigenvalue weighted by atomic mass is 9.86. The molecule has 2 nitrogen and oxygen atoms in total. The molecule has 0 saturated heterocycles. The highest BCUT2D eigenvalue weighted by Gasteiger charge is 2.24.